The minimum atomic E-state index is -0.0205. The predicted molar refractivity (Wildman–Crippen MR) is 80.8 cm³/mol. The van der Waals surface area contributed by atoms with Gasteiger partial charge in [-0.25, -0.2) is 0 Å². The van der Waals surface area contributed by atoms with E-state index in [1.165, 1.54) is 0 Å². The summed E-state index contributed by atoms with van der Waals surface area (Å²) in [7, 11) is 0. The van der Waals surface area contributed by atoms with Crippen molar-refractivity contribution in [3.8, 4) is 0 Å². The fourth-order valence-electron chi connectivity index (χ4n) is 2.09. The van der Waals surface area contributed by atoms with Gasteiger partial charge in [0.2, 0.25) is 0 Å². The Morgan fingerprint density at radius 1 is 1.21 bits per heavy atom. The van der Waals surface area contributed by atoms with Gasteiger partial charge in [-0.1, -0.05) is 30.3 Å². The molecule has 0 saturated carbocycles. The van der Waals surface area contributed by atoms with Crippen LogP contribution in [0.4, 0.5) is 0 Å². The second kappa shape index (κ2) is 6.58. The van der Waals surface area contributed by atoms with Gasteiger partial charge in [0.15, 0.2) is 0 Å². The van der Waals surface area contributed by atoms with Crippen LogP contribution in [0.2, 0.25) is 0 Å². The van der Waals surface area contributed by atoms with Crippen LogP contribution in [0.15, 0.2) is 42.5 Å². The first-order valence-electron chi connectivity index (χ1n) is 6.56. The van der Waals surface area contributed by atoms with Gasteiger partial charge in [-0.2, -0.15) is 0 Å². The van der Waals surface area contributed by atoms with Crippen LogP contribution in [-0.4, -0.2) is 17.8 Å². The average molecular weight is 276 g/mol. The molecule has 2 aromatic rings. The molecule has 2 rings (SSSR count). The van der Waals surface area contributed by atoms with Gasteiger partial charge in [0.1, 0.15) is 0 Å². The highest BCUT2D eigenvalue weighted by molar-refractivity contribution is 6.17. The number of halogens is 1. The average Bonchev–Trinajstić information content (AvgIpc) is 2.44. The number of carbonyl (C=O) groups is 1. The molecule has 0 aliphatic rings. The molecule has 100 valence electrons. The molecule has 0 spiro atoms. The van der Waals surface area contributed by atoms with Crippen LogP contribution in [0.1, 0.15) is 30.1 Å². The first-order chi connectivity index (χ1) is 9.20. The minimum absolute atomic E-state index is 0.0205. The van der Waals surface area contributed by atoms with E-state index in [4.69, 9.17) is 11.6 Å². The zero-order chi connectivity index (χ0) is 13.7. The predicted octanol–water partition coefficient (Wildman–Crippen LogP) is 3.98. The molecule has 0 aliphatic heterocycles. The van der Waals surface area contributed by atoms with E-state index in [2.05, 4.69) is 5.32 Å². The monoisotopic (exact) mass is 275 g/mol. The summed E-state index contributed by atoms with van der Waals surface area (Å²) in [5.41, 5.74) is 0.705. The molecular formula is C16H18ClNO. The molecule has 1 N–H and O–H groups in total. The molecule has 19 heavy (non-hydrogen) atoms. The molecule has 3 heteroatoms. The topological polar surface area (TPSA) is 29.1 Å². The van der Waals surface area contributed by atoms with Crippen molar-refractivity contribution in [2.45, 2.75) is 25.8 Å². The van der Waals surface area contributed by atoms with Crippen LogP contribution < -0.4 is 5.32 Å². The minimum Gasteiger partial charge on any atom is -0.350 e. The number of carbonyl (C=O) groups excluding carboxylic acids is 1. The first kappa shape index (κ1) is 13.9. The molecule has 0 bridgehead atoms. The normalized spacial score (nSPS) is 12.3. The number of alkyl halides is 1. The Labute approximate surface area is 118 Å². The van der Waals surface area contributed by atoms with Crippen molar-refractivity contribution in [2.24, 2.45) is 0 Å². The summed E-state index contributed by atoms with van der Waals surface area (Å²) < 4.78 is 0. The molecule has 0 fully saturated rings. The van der Waals surface area contributed by atoms with E-state index in [1.807, 2.05) is 49.4 Å². The van der Waals surface area contributed by atoms with E-state index in [0.29, 0.717) is 11.4 Å². The summed E-state index contributed by atoms with van der Waals surface area (Å²) in [5.74, 6) is 0.615. The second-order valence-corrected chi connectivity index (χ2v) is 5.15. The van der Waals surface area contributed by atoms with E-state index in [1.54, 1.807) is 0 Å². The van der Waals surface area contributed by atoms with Gasteiger partial charge in [-0.3, -0.25) is 4.79 Å². The standard InChI is InChI=1S/C16H18ClNO/c1-12(5-4-10-17)18-16(19)15-9-8-13-6-2-3-7-14(13)11-15/h2-3,6-9,11-12H,4-5,10H2,1H3,(H,18,19). The lowest BCUT2D eigenvalue weighted by Gasteiger charge is -2.13. The molecule has 0 heterocycles. The van der Waals surface area contributed by atoms with Gasteiger partial charge in [-0.05, 0) is 42.7 Å². The highest BCUT2D eigenvalue weighted by atomic mass is 35.5. The van der Waals surface area contributed by atoms with Crippen molar-refractivity contribution in [3.05, 3.63) is 48.0 Å². The SMILES string of the molecule is CC(CCCCl)NC(=O)c1ccc2ccccc2c1. The maximum atomic E-state index is 12.1. The Morgan fingerprint density at radius 3 is 2.68 bits per heavy atom. The number of hydrogen-bond acceptors (Lipinski definition) is 1. The number of amides is 1. The van der Waals surface area contributed by atoms with Crippen LogP contribution >= 0.6 is 11.6 Å². The molecule has 0 radical (unpaired) electrons. The Kier molecular flexibility index (Phi) is 4.80. The zero-order valence-electron chi connectivity index (χ0n) is 11.0. The largest absolute Gasteiger partial charge is 0.350 e. The lowest BCUT2D eigenvalue weighted by molar-refractivity contribution is 0.0938. The molecular weight excluding hydrogens is 258 g/mol. The highest BCUT2D eigenvalue weighted by Gasteiger charge is 2.09. The van der Waals surface area contributed by atoms with Gasteiger partial charge < -0.3 is 5.32 Å². The Morgan fingerprint density at radius 2 is 1.95 bits per heavy atom. The van der Waals surface area contributed by atoms with Crippen molar-refractivity contribution >= 4 is 28.3 Å². The fourth-order valence-corrected chi connectivity index (χ4v) is 2.25. The lowest BCUT2D eigenvalue weighted by Crippen LogP contribution is -2.32. The molecule has 2 nitrogen and oxygen atoms in total. The van der Waals surface area contributed by atoms with Gasteiger partial charge in [0, 0.05) is 17.5 Å². The molecule has 1 amide bonds. The number of benzene rings is 2. The van der Waals surface area contributed by atoms with Crippen molar-refractivity contribution in [1.82, 2.24) is 5.32 Å². The Balaban J connectivity index is 2.08. The van der Waals surface area contributed by atoms with Crippen LogP contribution in [0.5, 0.6) is 0 Å². The van der Waals surface area contributed by atoms with Gasteiger partial charge in [-0.15, -0.1) is 11.6 Å². The third-order valence-electron chi connectivity index (χ3n) is 3.16. The van der Waals surface area contributed by atoms with Crippen LogP contribution in [0, 0.1) is 0 Å². The molecule has 0 aromatic heterocycles. The first-order valence-corrected chi connectivity index (χ1v) is 7.10. The van der Waals surface area contributed by atoms with E-state index in [-0.39, 0.29) is 11.9 Å². The van der Waals surface area contributed by atoms with Crippen LogP contribution in [-0.2, 0) is 0 Å². The van der Waals surface area contributed by atoms with Crippen molar-refractivity contribution < 1.29 is 4.79 Å². The van der Waals surface area contributed by atoms with Crippen molar-refractivity contribution in [1.29, 1.82) is 0 Å². The van der Waals surface area contributed by atoms with Gasteiger partial charge in [0.05, 0.1) is 0 Å². The van der Waals surface area contributed by atoms with E-state index >= 15 is 0 Å². The Hall–Kier alpha value is -1.54. The highest BCUT2D eigenvalue weighted by Crippen LogP contribution is 2.15. The maximum Gasteiger partial charge on any atom is 0.251 e. The summed E-state index contributed by atoms with van der Waals surface area (Å²) in [6.45, 7) is 2.01. The third-order valence-corrected chi connectivity index (χ3v) is 3.43. The molecule has 1 unspecified atom stereocenters. The summed E-state index contributed by atoms with van der Waals surface area (Å²) in [6.07, 6.45) is 1.82. The van der Waals surface area contributed by atoms with Crippen LogP contribution in [0.25, 0.3) is 10.8 Å². The number of hydrogen-bond donors (Lipinski definition) is 1. The molecule has 2 aromatic carbocycles. The second-order valence-electron chi connectivity index (χ2n) is 4.77. The fraction of sp³-hybridized carbons (Fsp3) is 0.312. The van der Waals surface area contributed by atoms with Gasteiger partial charge >= 0.3 is 0 Å². The lowest BCUT2D eigenvalue weighted by atomic mass is 10.1. The summed E-state index contributed by atoms with van der Waals surface area (Å²) in [6, 6.07) is 14.0. The van der Waals surface area contributed by atoms with E-state index in [0.717, 1.165) is 23.6 Å². The van der Waals surface area contributed by atoms with Crippen molar-refractivity contribution in [3.63, 3.8) is 0 Å². The molecule has 0 aliphatic carbocycles. The quantitative estimate of drug-likeness (QED) is 0.822. The summed E-state index contributed by atoms with van der Waals surface area (Å²) in [5, 5.41) is 5.23. The van der Waals surface area contributed by atoms with Crippen LogP contribution in [0.3, 0.4) is 0 Å². The number of rotatable bonds is 5. The number of fused-ring (bicyclic) bond motifs is 1. The maximum absolute atomic E-state index is 12.1. The van der Waals surface area contributed by atoms with E-state index in [9.17, 15) is 4.79 Å². The smallest absolute Gasteiger partial charge is 0.251 e. The molecule has 0 saturated heterocycles. The third kappa shape index (κ3) is 3.71. The van der Waals surface area contributed by atoms with Gasteiger partial charge in [0.25, 0.3) is 5.91 Å². The molecule has 1 atom stereocenters. The number of nitrogens with one attached hydrogen (secondary N) is 1. The summed E-state index contributed by atoms with van der Waals surface area (Å²) >= 11 is 5.65. The van der Waals surface area contributed by atoms with E-state index < -0.39 is 0 Å². The van der Waals surface area contributed by atoms with Crippen molar-refractivity contribution in [2.75, 3.05) is 5.88 Å². The zero-order valence-corrected chi connectivity index (χ0v) is 11.8. The Bertz CT molecular complexity index is 567. The summed E-state index contributed by atoms with van der Waals surface area (Å²) in [4.78, 5) is 12.1.